The molecule has 9 nitrogen and oxygen atoms in total. The van der Waals surface area contributed by atoms with E-state index in [-0.39, 0.29) is 17.9 Å². The van der Waals surface area contributed by atoms with Crippen LogP contribution in [-0.2, 0) is 9.63 Å². The van der Waals surface area contributed by atoms with Crippen molar-refractivity contribution in [3.63, 3.8) is 0 Å². The second kappa shape index (κ2) is 7.28. The van der Waals surface area contributed by atoms with E-state index in [1.54, 1.807) is 4.90 Å². The minimum absolute atomic E-state index is 0.00271. The van der Waals surface area contributed by atoms with Crippen LogP contribution in [0.15, 0.2) is 0 Å². The number of carbonyl (C=O) groups is 2. The molecule has 2 rings (SSSR count). The zero-order valence-electron chi connectivity index (χ0n) is 12.4. The molecule has 1 heterocycles. The molecule has 1 aliphatic heterocycles. The van der Waals surface area contributed by atoms with Crippen molar-refractivity contribution in [1.29, 1.82) is 0 Å². The predicted octanol–water partition coefficient (Wildman–Crippen LogP) is 0.413. The molecule has 0 aromatic rings. The molecule has 0 atom stereocenters. The maximum Gasteiger partial charge on any atom is 0.314 e. The van der Waals surface area contributed by atoms with Crippen molar-refractivity contribution >= 4 is 11.9 Å². The fourth-order valence-corrected chi connectivity index (χ4v) is 3.12. The zero-order valence-corrected chi connectivity index (χ0v) is 12.4. The van der Waals surface area contributed by atoms with Crippen LogP contribution in [0.4, 0.5) is 4.79 Å². The van der Waals surface area contributed by atoms with Crippen LogP contribution in [0, 0.1) is 16.0 Å². The van der Waals surface area contributed by atoms with Crippen LogP contribution in [0.5, 0.6) is 0 Å². The van der Waals surface area contributed by atoms with E-state index in [1.807, 2.05) is 0 Å². The molecule has 1 aliphatic carbocycles. The van der Waals surface area contributed by atoms with Gasteiger partial charge < -0.3 is 20.8 Å². The van der Waals surface area contributed by atoms with Gasteiger partial charge >= 0.3 is 6.03 Å². The average molecular weight is 314 g/mol. The van der Waals surface area contributed by atoms with E-state index < -0.39 is 17.2 Å². The van der Waals surface area contributed by atoms with Crippen molar-refractivity contribution in [3.8, 4) is 0 Å². The molecule has 0 aromatic heterocycles. The third-order valence-electron chi connectivity index (χ3n) is 4.43. The molecular formula is C13H22N4O5. The average Bonchev–Trinajstić information content (AvgIpc) is 2.48. The number of nitrogens with zero attached hydrogens (tertiary/aromatic N) is 2. The maximum atomic E-state index is 12.2. The summed E-state index contributed by atoms with van der Waals surface area (Å²) in [6, 6.07) is -0.357. The van der Waals surface area contributed by atoms with E-state index in [0.717, 1.165) is 0 Å². The summed E-state index contributed by atoms with van der Waals surface area (Å²) in [5.74, 6) is -0.113. The summed E-state index contributed by atoms with van der Waals surface area (Å²) in [5.41, 5.74) is 5.22. The van der Waals surface area contributed by atoms with E-state index in [4.69, 9.17) is 5.73 Å². The highest BCUT2D eigenvalue weighted by Gasteiger charge is 2.30. The topological polar surface area (TPSA) is 128 Å². The molecule has 2 fully saturated rings. The van der Waals surface area contributed by atoms with Crippen LogP contribution >= 0.6 is 0 Å². The van der Waals surface area contributed by atoms with Crippen LogP contribution in [-0.4, -0.2) is 47.2 Å². The zero-order chi connectivity index (χ0) is 16.1. The highest BCUT2D eigenvalue weighted by Crippen LogP contribution is 2.26. The Balaban J connectivity index is 1.70. The number of urea groups is 1. The lowest BCUT2D eigenvalue weighted by molar-refractivity contribution is -0.769. The van der Waals surface area contributed by atoms with Crippen LogP contribution in [0.2, 0.25) is 0 Å². The molecular weight excluding hydrogens is 292 g/mol. The van der Waals surface area contributed by atoms with Crippen molar-refractivity contribution in [3.05, 3.63) is 10.1 Å². The number of piperidine rings is 1. The molecule has 0 unspecified atom stereocenters. The molecule has 3 amide bonds. The Hall–Kier alpha value is -2.06. The quantitative estimate of drug-likeness (QED) is 0.574. The summed E-state index contributed by atoms with van der Waals surface area (Å²) in [6.45, 7) is 1.12. The summed E-state index contributed by atoms with van der Waals surface area (Å²) in [7, 11) is 0. The molecule has 22 heavy (non-hydrogen) atoms. The summed E-state index contributed by atoms with van der Waals surface area (Å²) >= 11 is 0. The van der Waals surface area contributed by atoms with Gasteiger partial charge in [-0.05, 0) is 38.5 Å². The number of amides is 3. The maximum absolute atomic E-state index is 12.2. The SMILES string of the molecule is NC(=O)N1CCC(NC(=O)C2CCC(O[N+](=O)[O-])CC2)CC1. The summed E-state index contributed by atoms with van der Waals surface area (Å²) in [5, 5.41) is 12.5. The molecule has 9 heteroatoms. The van der Waals surface area contributed by atoms with Crippen LogP contribution in [0.1, 0.15) is 38.5 Å². The van der Waals surface area contributed by atoms with Crippen molar-refractivity contribution in [2.45, 2.75) is 50.7 Å². The minimum atomic E-state index is -0.766. The first-order valence-corrected chi connectivity index (χ1v) is 7.61. The van der Waals surface area contributed by atoms with Crippen molar-refractivity contribution < 1.29 is 19.5 Å². The van der Waals surface area contributed by atoms with E-state index >= 15 is 0 Å². The smallest absolute Gasteiger partial charge is 0.314 e. The molecule has 3 N–H and O–H groups in total. The molecule has 2 aliphatic rings. The summed E-state index contributed by atoms with van der Waals surface area (Å²) < 4.78 is 0. The van der Waals surface area contributed by atoms with Gasteiger partial charge in [0.1, 0.15) is 6.10 Å². The van der Waals surface area contributed by atoms with Gasteiger partial charge in [0.2, 0.25) is 5.91 Å². The highest BCUT2D eigenvalue weighted by atomic mass is 17.0. The van der Waals surface area contributed by atoms with E-state index in [1.165, 1.54) is 0 Å². The molecule has 1 saturated heterocycles. The minimum Gasteiger partial charge on any atom is -0.353 e. The van der Waals surface area contributed by atoms with Crippen molar-refractivity contribution in [2.24, 2.45) is 11.7 Å². The Kier molecular flexibility index (Phi) is 5.40. The second-order valence-corrected chi connectivity index (χ2v) is 5.91. The Bertz CT molecular complexity index is 428. The molecule has 0 spiro atoms. The van der Waals surface area contributed by atoms with Gasteiger partial charge in [-0.2, -0.15) is 0 Å². The summed E-state index contributed by atoms with van der Waals surface area (Å²) in [4.78, 5) is 39.7. The van der Waals surface area contributed by atoms with Crippen LogP contribution in [0.3, 0.4) is 0 Å². The van der Waals surface area contributed by atoms with Gasteiger partial charge in [0.25, 0.3) is 5.09 Å². The Labute approximate surface area is 128 Å². The first kappa shape index (κ1) is 16.3. The number of nitrogens with one attached hydrogen (secondary N) is 1. The van der Waals surface area contributed by atoms with E-state index in [0.29, 0.717) is 51.6 Å². The molecule has 1 saturated carbocycles. The third kappa shape index (κ3) is 4.47. The Morgan fingerprint density at radius 2 is 1.73 bits per heavy atom. The normalized spacial score (nSPS) is 26.3. The second-order valence-electron chi connectivity index (χ2n) is 5.91. The molecule has 124 valence electrons. The fourth-order valence-electron chi connectivity index (χ4n) is 3.12. The third-order valence-corrected chi connectivity index (χ3v) is 4.43. The van der Waals surface area contributed by atoms with Gasteiger partial charge in [-0.1, -0.05) is 0 Å². The van der Waals surface area contributed by atoms with Gasteiger partial charge in [0.05, 0.1) is 0 Å². The van der Waals surface area contributed by atoms with Gasteiger partial charge in [0, 0.05) is 25.0 Å². The number of carbonyl (C=O) groups excluding carboxylic acids is 2. The van der Waals surface area contributed by atoms with Crippen LogP contribution < -0.4 is 11.1 Å². The first-order chi connectivity index (χ1) is 10.5. The van der Waals surface area contributed by atoms with Gasteiger partial charge in [-0.3, -0.25) is 4.79 Å². The fraction of sp³-hybridized carbons (Fsp3) is 0.846. The molecule has 0 radical (unpaired) electrons. The lowest BCUT2D eigenvalue weighted by Crippen LogP contribution is -2.49. The van der Waals surface area contributed by atoms with Crippen LogP contribution in [0.25, 0.3) is 0 Å². The number of likely N-dealkylation sites (tertiary alicyclic amines) is 1. The highest BCUT2D eigenvalue weighted by molar-refractivity contribution is 5.79. The first-order valence-electron chi connectivity index (χ1n) is 7.61. The van der Waals surface area contributed by atoms with Gasteiger partial charge in [0.15, 0.2) is 0 Å². The number of rotatable bonds is 4. The Morgan fingerprint density at radius 3 is 2.23 bits per heavy atom. The number of hydrogen-bond acceptors (Lipinski definition) is 5. The number of primary amides is 1. The Morgan fingerprint density at radius 1 is 1.14 bits per heavy atom. The number of nitrogens with two attached hydrogens (primary N) is 1. The molecule has 0 bridgehead atoms. The van der Waals surface area contributed by atoms with E-state index in [9.17, 15) is 19.7 Å². The monoisotopic (exact) mass is 314 g/mol. The van der Waals surface area contributed by atoms with E-state index in [2.05, 4.69) is 10.2 Å². The lowest BCUT2D eigenvalue weighted by atomic mass is 9.86. The predicted molar refractivity (Wildman–Crippen MR) is 76.1 cm³/mol. The largest absolute Gasteiger partial charge is 0.353 e. The number of hydrogen-bond donors (Lipinski definition) is 2. The lowest BCUT2D eigenvalue weighted by Gasteiger charge is -2.33. The van der Waals surface area contributed by atoms with Crippen molar-refractivity contribution in [2.75, 3.05) is 13.1 Å². The standard InChI is InChI=1S/C13H22N4O5/c14-13(19)16-7-5-10(6-8-16)15-12(18)9-1-3-11(4-2-9)22-17(20)21/h9-11H,1-8H2,(H2,14,19)(H,15,18). The molecule has 0 aromatic carbocycles. The summed E-state index contributed by atoms with van der Waals surface area (Å²) in [6.07, 6.45) is 3.27. The van der Waals surface area contributed by atoms with Gasteiger partial charge in [-0.25, -0.2) is 4.79 Å². The van der Waals surface area contributed by atoms with Crippen molar-refractivity contribution in [1.82, 2.24) is 10.2 Å². The van der Waals surface area contributed by atoms with Gasteiger partial charge in [-0.15, -0.1) is 10.1 Å².